The number of anilines is 2. The molecule has 7 nitrogen and oxygen atoms in total. The number of ether oxygens (including phenoxy) is 1. The van der Waals surface area contributed by atoms with E-state index >= 15 is 0 Å². The van der Waals surface area contributed by atoms with Crippen molar-refractivity contribution in [1.82, 2.24) is 0 Å². The molecular formula is C25H22BrN3O4. The lowest BCUT2D eigenvalue weighted by atomic mass is 9.63. The molecule has 1 amide bonds. The summed E-state index contributed by atoms with van der Waals surface area (Å²) < 4.78 is 5.95. The molecule has 1 atom stereocenters. The van der Waals surface area contributed by atoms with Gasteiger partial charge in [0, 0.05) is 39.1 Å². The Balaban J connectivity index is 1.92. The first-order chi connectivity index (χ1) is 15.8. The van der Waals surface area contributed by atoms with E-state index in [4.69, 9.17) is 10.5 Å². The van der Waals surface area contributed by atoms with Crippen LogP contribution in [0.15, 0.2) is 69.6 Å². The first-order valence-electron chi connectivity index (χ1n) is 10.6. The van der Waals surface area contributed by atoms with E-state index < -0.39 is 17.3 Å². The molecule has 33 heavy (non-hydrogen) atoms. The number of hydrogen-bond donors (Lipinski definition) is 2. The first kappa shape index (κ1) is 21.5. The second-order valence-electron chi connectivity index (χ2n) is 8.42. The van der Waals surface area contributed by atoms with Crippen LogP contribution < -0.4 is 16.0 Å². The molecule has 0 saturated heterocycles. The highest BCUT2D eigenvalue weighted by Crippen LogP contribution is 2.55. The van der Waals surface area contributed by atoms with Crippen LogP contribution in [0.2, 0.25) is 0 Å². The summed E-state index contributed by atoms with van der Waals surface area (Å²) in [6.45, 7) is 1.90. The molecule has 2 aromatic carbocycles. The van der Waals surface area contributed by atoms with Crippen molar-refractivity contribution in [2.24, 2.45) is 5.73 Å². The van der Waals surface area contributed by atoms with Crippen molar-refractivity contribution in [3.63, 3.8) is 0 Å². The van der Waals surface area contributed by atoms with Gasteiger partial charge in [0.05, 0.1) is 7.11 Å². The standard InChI is InChI=1S/C25H22BrN3O4/c1-13-9-10-17-16(11-13)25(24(32)28-17)20-18(7-4-8-19(20)30)29(15-6-3-5-14(26)12-15)22(27)21(25)23(31)33-2/h3,5-6,9-12H,4,7-8,27H2,1-2H3,(H,28,32). The van der Waals surface area contributed by atoms with Crippen molar-refractivity contribution >= 4 is 45.0 Å². The van der Waals surface area contributed by atoms with Crippen LogP contribution >= 0.6 is 15.9 Å². The molecule has 2 heterocycles. The summed E-state index contributed by atoms with van der Waals surface area (Å²) >= 11 is 3.48. The highest BCUT2D eigenvalue weighted by atomic mass is 79.9. The Bertz CT molecular complexity index is 1310. The quantitative estimate of drug-likeness (QED) is 0.599. The van der Waals surface area contributed by atoms with E-state index in [9.17, 15) is 14.4 Å². The van der Waals surface area contributed by atoms with Crippen LogP contribution in [-0.2, 0) is 24.5 Å². The van der Waals surface area contributed by atoms with Gasteiger partial charge in [-0.15, -0.1) is 0 Å². The van der Waals surface area contributed by atoms with Crippen LogP contribution in [0.5, 0.6) is 0 Å². The van der Waals surface area contributed by atoms with Gasteiger partial charge >= 0.3 is 5.97 Å². The fraction of sp³-hybridized carbons (Fsp3) is 0.240. The normalized spacial score (nSPS) is 21.8. The van der Waals surface area contributed by atoms with Gasteiger partial charge in [0.2, 0.25) is 5.91 Å². The van der Waals surface area contributed by atoms with Crippen molar-refractivity contribution in [3.05, 3.63) is 80.7 Å². The zero-order valence-electron chi connectivity index (χ0n) is 18.2. The molecule has 0 radical (unpaired) electrons. The third-order valence-electron chi connectivity index (χ3n) is 6.53. The van der Waals surface area contributed by atoms with Gasteiger partial charge in [0.1, 0.15) is 16.8 Å². The molecule has 1 aliphatic carbocycles. The Morgan fingerprint density at radius 3 is 2.70 bits per heavy atom. The van der Waals surface area contributed by atoms with E-state index in [0.29, 0.717) is 41.1 Å². The average Bonchev–Trinajstić information content (AvgIpc) is 3.05. The van der Waals surface area contributed by atoms with Gasteiger partial charge in [-0.2, -0.15) is 0 Å². The van der Waals surface area contributed by atoms with E-state index in [1.807, 2.05) is 43.3 Å². The number of allylic oxidation sites excluding steroid dienone is 1. The number of carbonyl (C=O) groups excluding carboxylic acids is 3. The predicted octanol–water partition coefficient (Wildman–Crippen LogP) is 3.82. The van der Waals surface area contributed by atoms with Crippen molar-refractivity contribution < 1.29 is 19.1 Å². The van der Waals surface area contributed by atoms with Gasteiger partial charge in [0.15, 0.2) is 5.78 Å². The summed E-state index contributed by atoms with van der Waals surface area (Å²) in [5.41, 5.74) is 8.63. The molecule has 2 aliphatic heterocycles. The molecule has 5 rings (SSSR count). The van der Waals surface area contributed by atoms with Gasteiger partial charge in [0.25, 0.3) is 0 Å². The molecule has 8 heteroatoms. The molecule has 2 aromatic rings. The van der Waals surface area contributed by atoms with E-state index in [2.05, 4.69) is 21.2 Å². The fourth-order valence-electron chi connectivity index (χ4n) is 5.23. The van der Waals surface area contributed by atoms with Crippen LogP contribution in [0.3, 0.4) is 0 Å². The number of esters is 1. The van der Waals surface area contributed by atoms with Crippen molar-refractivity contribution in [1.29, 1.82) is 0 Å². The van der Waals surface area contributed by atoms with Crippen molar-refractivity contribution in [3.8, 4) is 0 Å². The van der Waals surface area contributed by atoms with E-state index in [1.54, 1.807) is 11.0 Å². The molecular weight excluding hydrogens is 486 g/mol. The number of nitrogens with zero attached hydrogens (tertiary/aromatic N) is 1. The Labute approximate surface area is 199 Å². The summed E-state index contributed by atoms with van der Waals surface area (Å²) in [5, 5.41) is 2.88. The van der Waals surface area contributed by atoms with Crippen molar-refractivity contribution in [2.45, 2.75) is 31.6 Å². The third-order valence-corrected chi connectivity index (χ3v) is 7.02. The molecule has 3 aliphatic rings. The Morgan fingerprint density at radius 1 is 1.18 bits per heavy atom. The molecule has 1 spiro atoms. The van der Waals surface area contributed by atoms with Crippen LogP contribution in [0, 0.1) is 6.92 Å². The number of nitrogens with one attached hydrogen (secondary N) is 1. The summed E-state index contributed by atoms with van der Waals surface area (Å²) in [5.74, 6) is -1.31. The predicted molar refractivity (Wildman–Crippen MR) is 127 cm³/mol. The number of Topliss-reactive ketones (excluding diaryl/α,β-unsaturated/α-hetero) is 1. The maximum absolute atomic E-state index is 13.8. The Morgan fingerprint density at radius 2 is 1.97 bits per heavy atom. The lowest BCUT2D eigenvalue weighted by Crippen LogP contribution is -2.53. The molecule has 168 valence electrons. The topological polar surface area (TPSA) is 102 Å². The fourth-order valence-corrected chi connectivity index (χ4v) is 5.62. The minimum Gasteiger partial charge on any atom is -0.466 e. The summed E-state index contributed by atoms with van der Waals surface area (Å²) in [6.07, 6.45) is 1.45. The minimum absolute atomic E-state index is 0.0409. The summed E-state index contributed by atoms with van der Waals surface area (Å²) in [7, 11) is 1.25. The number of benzene rings is 2. The summed E-state index contributed by atoms with van der Waals surface area (Å²) in [6, 6.07) is 12.9. The number of ketones is 1. The van der Waals surface area contributed by atoms with Gasteiger partial charge in [-0.05, 0) is 44.0 Å². The number of amides is 1. The second kappa shape index (κ2) is 7.59. The highest BCUT2D eigenvalue weighted by Gasteiger charge is 2.61. The van der Waals surface area contributed by atoms with Gasteiger partial charge in [-0.3, -0.25) is 14.5 Å². The van der Waals surface area contributed by atoms with Crippen molar-refractivity contribution in [2.75, 3.05) is 17.3 Å². The smallest absolute Gasteiger partial charge is 0.339 e. The van der Waals surface area contributed by atoms with Gasteiger partial charge < -0.3 is 15.8 Å². The number of aryl methyl sites for hydroxylation is 1. The van der Waals surface area contributed by atoms with E-state index in [1.165, 1.54) is 7.11 Å². The molecule has 0 aromatic heterocycles. The average molecular weight is 508 g/mol. The third kappa shape index (κ3) is 2.90. The monoisotopic (exact) mass is 507 g/mol. The molecule has 1 unspecified atom stereocenters. The zero-order chi connectivity index (χ0) is 23.5. The highest BCUT2D eigenvalue weighted by molar-refractivity contribution is 9.10. The zero-order valence-corrected chi connectivity index (χ0v) is 19.8. The lowest BCUT2D eigenvalue weighted by Gasteiger charge is -2.44. The first-order valence-corrected chi connectivity index (χ1v) is 11.4. The summed E-state index contributed by atoms with van der Waals surface area (Å²) in [4.78, 5) is 42.3. The number of methoxy groups -OCH3 is 1. The number of hydrogen-bond acceptors (Lipinski definition) is 6. The van der Waals surface area contributed by atoms with Crippen LogP contribution in [0.1, 0.15) is 30.4 Å². The SMILES string of the molecule is COC(=O)C1=C(N)N(c2cccc(Br)c2)C2=C(C(=O)CCC2)C12C(=O)Nc1ccc(C)cc12. The Kier molecular flexibility index (Phi) is 4.93. The maximum atomic E-state index is 13.8. The van der Waals surface area contributed by atoms with Crippen LogP contribution in [0.25, 0.3) is 0 Å². The van der Waals surface area contributed by atoms with E-state index in [0.717, 1.165) is 10.0 Å². The molecule has 3 N–H and O–H groups in total. The Hall–Kier alpha value is -3.39. The number of halogens is 1. The largest absolute Gasteiger partial charge is 0.466 e. The molecule has 0 bridgehead atoms. The van der Waals surface area contributed by atoms with Gasteiger partial charge in [-0.25, -0.2) is 4.79 Å². The molecule has 0 saturated carbocycles. The number of fused-ring (bicyclic) bond motifs is 3. The van der Waals surface area contributed by atoms with E-state index in [-0.39, 0.29) is 23.6 Å². The van der Waals surface area contributed by atoms with Crippen LogP contribution in [0.4, 0.5) is 11.4 Å². The van der Waals surface area contributed by atoms with Gasteiger partial charge in [-0.1, -0.05) is 39.7 Å². The molecule has 0 fully saturated rings. The lowest BCUT2D eigenvalue weighted by molar-refractivity contribution is -0.138. The minimum atomic E-state index is -1.66. The number of rotatable bonds is 2. The number of carbonyl (C=O) groups is 3. The number of nitrogens with two attached hydrogens (primary N) is 1. The maximum Gasteiger partial charge on any atom is 0.339 e. The second-order valence-corrected chi connectivity index (χ2v) is 9.33. The van der Waals surface area contributed by atoms with Crippen LogP contribution in [-0.4, -0.2) is 24.8 Å².